The van der Waals surface area contributed by atoms with E-state index in [1.54, 1.807) is 17.2 Å². The Kier molecular flexibility index (Phi) is 6.95. The van der Waals surface area contributed by atoms with Crippen LogP contribution < -0.4 is 17.2 Å². The van der Waals surface area contributed by atoms with Crippen LogP contribution in [0, 0.1) is 0 Å². The number of nitrogen functional groups attached to an aromatic ring is 3. The lowest BCUT2D eigenvalue weighted by atomic mass is 9.86. The van der Waals surface area contributed by atoms with Crippen molar-refractivity contribution in [3.8, 4) is 11.1 Å². The highest BCUT2D eigenvalue weighted by Gasteiger charge is 2.13. The number of nitrogens with two attached hydrogens (primary N) is 3. The highest BCUT2D eigenvalue weighted by atomic mass is 35.5. The Hall–Kier alpha value is -3.69. The van der Waals surface area contributed by atoms with Crippen LogP contribution in [-0.4, -0.2) is 0 Å². The molecule has 0 radical (unpaired) electrons. The molecule has 34 heavy (non-hydrogen) atoms. The normalized spacial score (nSPS) is 12.4. The quantitative estimate of drug-likeness (QED) is 0.177. The number of hydrogen-bond acceptors (Lipinski definition) is 3. The zero-order valence-corrected chi connectivity index (χ0v) is 19.9. The Bertz CT molecular complexity index is 1440. The summed E-state index contributed by atoms with van der Waals surface area (Å²) in [5, 5.41) is 5.64. The van der Waals surface area contributed by atoms with Crippen LogP contribution in [-0.2, 0) is 12.8 Å². The molecule has 0 bridgehead atoms. The Morgan fingerprint density at radius 3 is 2.06 bits per heavy atom. The first-order valence-electron chi connectivity index (χ1n) is 11.5. The lowest BCUT2D eigenvalue weighted by molar-refractivity contribution is 0.690. The maximum Gasteiger partial charge on any atom is 0.0414 e. The van der Waals surface area contributed by atoms with Gasteiger partial charge in [0, 0.05) is 22.6 Å². The first-order chi connectivity index (χ1) is 16.1. The minimum absolute atomic E-state index is 0. The molecule has 5 aromatic rings. The standard InChI is InChI=1S/C18H16.C12H13N3.ClH/c1-3-7-15-13(5-1)9-11-18-16-8-4-2-6-14(16)10-12-17(15)18;13-9-3-1-8(2-4-9)11-6-5-10(14)7-12(11)15;/h1,3,5,7,9-12H,2,4,6,8H2;1-7H,13-15H2;1H. The van der Waals surface area contributed by atoms with E-state index in [2.05, 4.69) is 48.5 Å². The van der Waals surface area contributed by atoms with Crippen LogP contribution in [0.3, 0.4) is 0 Å². The van der Waals surface area contributed by atoms with Gasteiger partial charge in [-0.3, -0.25) is 0 Å². The fourth-order valence-electron chi connectivity index (χ4n) is 4.85. The topological polar surface area (TPSA) is 78.1 Å². The maximum absolute atomic E-state index is 5.88. The van der Waals surface area contributed by atoms with Gasteiger partial charge in [-0.05, 0) is 88.2 Å². The smallest absolute Gasteiger partial charge is 0.0414 e. The molecular formula is C30H30ClN3. The molecule has 0 heterocycles. The van der Waals surface area contributed by atoms with Crippen LogP contribution in [0.15, 0.2) is 91.0 Å². The van der Waals surface area contributed by atoms with E-state index in [1.807, 2.05) is 36.4 Å². The van der Waals surface area contributed by atoms with E-state index < -0.39 is 0 Å². The molecule has 0 fully saturated rings. The number of halogens is 1. The molecule has 3 nitrogen and oxygen atoms in total. The van der Waals surface area contributed by atoms with Crippen molar-refractivity contribution in [2.24, 2.45) is 0 Å². The molecule has 6 rings (SSSR count). The molecule has 0 atom stereocenters. The van der Waals surface area contributed by atoms with Crippen molar-refractivity contribution in [1.29, 1.82) is 0 Å². The second kappa shape index (κ2) is 10.1. The van der Waals surface area contributed by atoms with Gasteiger partial charge in [-0.2, -0.15) is 0 Å². The van der Waals surface area contributed by atoms with E-state index >= 15 is 0 Å². The Balaban J connectivity index is 0.000000159. The number of benzene rings is 5. The first-order valence-corrected chi connectivity index (χ1v) is 11.5. The second-order valence-corrected chi connectivity index (χ2v) is 8.76. The summed E-state index contributed by atoms with van der Waals surface area (Å²) in [5.74, 6) is 0. The van der Waals surface area contributed by atoms with Crippen LogP contribution in [0.2, 0.25) is 0 Å². The third-order valence-corrected chi connectivity index (χ3v) is 6.55. The Morgan fingerprint density at radius 2 is 1.26 bits per heavy atom. The molecule has 0 amide bonds. The average Bonchev–Trinajstić information content (AvgIpc) is 2.85. The summed E-state index contributed by atoms with van der Waals surface area (Å²) in [6.07, 6.45) is 5.22. The highest BCUT2D eigenvalue weighted by molar-refractivity contribution is 6.08. The van der Waals surface area contributed by atoms with E-state index in [4.69, 9.17) is 17.2 Å². The largest absolute Gasteiger partial charge is 0.399 e. The van der Waals surface area contributed by atoms with Gasteiger partial charge in [0.05, 0.1) is 0 Å². The minimum atomic E-state index is 0. The molecule has 172 valence electrons. The summed E-state index contributed by atoms with van der Waals surface area (Å²) < 4.78 is 0. The summed E-state index contributed by atoms with van der Waals surface area (Å²) in [6, 6.07) is 31.1. The zero-order chi connectivity index (χ0) is 22.8. The van der Waals surface area contributed by atoms with E-state index in [0.29, 0.717) is 11.4 Å². The molecule has 0 saturated carbocycles. The molecule has 5 aromatic carbocycles. The summed E-state index contributed by atoms with van der Waals surface area (Å²) in [5.41, 5.74) is 24.4. The SMILES string of the molecule is Cl.Nc1ccc(-c2ccc(N)cc2N)cc1.c1ccc2c(c1)ccc1c3c(ccc12)CCCC3. The van der Waals surface area contributed by atoms with Crippen LogP contribution in [0.5, 0.6) is 0 Å². The predicted molar refractivity (Wildman–Crippen MR) is 150 cm³/mol. The number of fused-ring (bicyclic) bond motifs is 5. The van der Waals surface area contributed by atoms with E-state index in [0.717, 1.165) is 16.8 Å². The van der Waals surface area contributed by atoms with Crippen molar-refractivity contribution in [1.82, 2.24) is 0 Å². The Labute approximate surface area is 207 Å². The van der Waals surface area contributed by atoms with Gasteiger partial charge in [0.1, 0.15) is 0 Å². The third-order valence-electron chi connectivity index (χ3n) is 6.55. The number of rotatable bonds is 1. The number of hydrogen-bond donors (Lipinski definition) is 3. The van der Waals surface area contributed by atoms with Crippen molar-refractivity contribution in [3.05, 3.63) is 102 Å². The molecular weight excluding hydrogens is 438 g/mol. The van der Waals surface area contributed by atoms with E-state index in [9.17, 15) is 0 Å². The van der Waals surface area contributed by atoms with Gasteiger partial charge in [-0.25, -0.2) is 0 Å². The summed E-state index contributed by atoms with van der Waals surface area (Å²) in [4.78, 5) is 0. The highest BCUT2D eigenvalue weighted by Crippen LogP contribution is 2.33. The number of aryl methyl sites for hydroxylation is 2. The van der Waals surface area contributed by atoms with Crippen molar-refractivity contribution in [3.63, 3.8) is 0 Å². The van der Waals surface area contributed by atoms with Gasteiger partial charge >= 0.3 is 0 Å². The van der Waals surface area contributed by atoms with Crippen LogP contribution in [0.4, 0.5) is 17.1 Å². The number of anilines is 3. The summed E-state index contributed by atoms with van der Waals surface area (Å²) in [6.45, 7) is 0. The fraction of sp³-hybridized carbons (Fsp3) is 0.133. The Morgan fingerprint density at radius 1 is 0.559 bits per heavy atom. The molecule has 4 heteroatoms. The van der Waals surface area contributed by atoms with Gasteiger partial charge in [0.15, 0.2) is 0 Å². The van der Waals surface area contributed by atoms with Gasteiger partial charge in [-0.15, -0.1) is 12.4 Å². The zero-order valence-electron chi connectivity index (χ0n) is 19.1. The molecule has 6 N–H and O–H groups in total. The van der Waals surface area contributed by atoms with Gasteiger partial charge < -0.3 is 17.2 Å². The average molecular weight is 468 g/mol. The van der Waals surface area contributed by atoms with Crippen LogP contribution in [0.1, 0.15) is 24.0 Å². The van der Waals surface area contributed by atoms with E-state index in [1.165, 1.54) is 47.2 Å². The molecule has 0 aromatic heterocycles. The van der Waals surface area contributed by atoms with Crippen molar-refractivity contribution >= 4 is 51.0 Å². The van der Waals surface area contributed by atoms with Gasteiger partial charge in [0.25, 0.3) is 0 Å². The van der Waals surface area contributed by atoms with Crippen molar-refractivity contribution < 1.29 is 0 Å². The maximum atomic E-state index is 5.88. The van der Waals surface area contributed by atoms with E-state index in [-0.39, 0.29) is 12.4 Å². The minimum Gasteiger partial charge on any atom is -0.399 e. The monoisotopic (exact) mass is 467 g/mol. The third kappa shape index (κ3) is 4.66. The van der Waals surface area contributed by atoms with Crippen LogP contribution >= 0.6 is 12.4 Å². The summed E-state index contributed by atoms with van der Waals surface area (Å²) >= 11 is 0. The van der Waals surface area contributed by atoms with Crippen molar-refractivity contribution in [2.75, 3.05) is 17.2 Å². The molecule has 0 saturated heterocycles. The molecule has 0 spiro atoms. The fourth-order valence-corrected chi connectivity index (χ4v) is 4.85. The lowest BCUT2D eigenvalue weighted by Gasteiger charge is -2.18. The molecule has 0 unspecified atom stereocenters. The lowest BCUT2D eigenvalue weighted by Crippen LogP contribution is -2.02. The molecule has 0 aliphatic heterocycles. The van der Waals surface area contributed by atoms with Gasteiger partial charge in [0.2, 0.25) is 0 Å². The second-order valence-electron chi connectivity index (χ2n) is 8.76. The molecule has 1 aliphatic carbocycles. The summed E-state index contributed by atoms with van der Waals surface area (Å²) in [7, 11) is 0. The van der Waals surface area contributed by atoms with Crippen LogP contribution in [0.25, 0.3) is 32.7 Å². The van der Waals surface area contributed by atoms with Crippen molar-refractivity contribution in [2.45, 2.75) is 25.7 Å². The molecule has 1 aliphatic rings. The first kappa shape index (κ1) is 23.5. The predicted octanol–water partition coefficient (Wildman–Crippen LogP) is 7.39. The van der Waals surface area contributed by atoms with Gasteiger partial charge in [-0.1, -0.05) is 66.7 Å².